The van der Waals surface area contributed by atoms with Crippen LogP contribution in [0, 0.1) is 19.3 Å². The van der Waals surface area contributed by atoms with Crippen molar-refractivity contribution in [3.63, 3.8) is 0 Å². The van der Waals surface area contributed by atoms with Crippen LogP contribution in [0.4, 0.5) is 0 Å². The summed E-state index contributed by atoms with van der Waals surface area (Å²) >= 11 is 0. The Labute approximate surface area is 82.7 Å². The summed E-state index contributed by atoms with van der Waals surface area (Å²) < 4.78 is 1.43. The minimum Gasteiger partial charge on any atom is -0.342 e. The van der Waals surface area contributed by atoms with E-state index in [0.29, 0.717) is 5.82 Å². The van der Waals surface area contributed by atoms with Crippen molar-refractivity contribution >= 4 is 5.91 Å². The van der Waals surface area contributed by atoms with Crippen molar-refractivity contribution < 1.29 is 4.79 Å². The number of amides is 1. The van der Waals surface area contributed by atoms with Crippen molar-refractivity contribution in [1.82, 2.24) is 19.7 Å². The minimum atomic E-state index is -0.194. The SMILES string of the molecule is C#CCn1nc(C)nc1C(=O)N(C)C. The topological polar surface area (TPSA) is 51.0 Å². The van der Waals surface area contributed by atoms with Crippen LogP contribution in [0.25, 0.3) is 0 Å². The highest BCUT2D eigenvalue weighted by atomic mass is 16.2. The lowest BCUT2D eigenvalue weighted by molar-refractivity contribution is 0.0810. The maximum Gasteiger partial charge on any atom is 0.290 e. The molecule has 5 nitrogen and oxygen atoms in total. The van der Waals surface area contributed by atoms with Crippen LogP contribution in [0.15, 0.2) is 0 Å². The fourth-order valence-electron chi connectivity index (χ4n) is 1.01. The molecule has 0 saturated carbocycles. The molecule has 1 rings (SSSR count). The zero-order chi connectivity index (χ0) is 10.7. The molecule has 1 aromatic rings. The monoisotopic (exact) mass is 192 g/mol. The fraction of sp³-hybridized carbons (Fsp3) is 0.444. The molecule has 0 spiro atoms. The van der Waals surface area contributed by atoms with E-state index in [0.717, 1.165) is 0 Å². The van der Waals surface area contributed by atoms with Gasteiger partial charge in [0, 0.05) is 14.1 Å². The predicted octanol–water partition coefficient (Wildman–Crippen LogP) is -0.0785. The summed E-state index contributed by atoms with van der Waals surface area (Å²) in [6.07, 6.45) is 5.15. The van der Waals surface area contributed by atoms with Gasteiger partial charge in [0.05, 0.1) is 0 Å². The Morgan fingerprint density at radius 3 is 2.79 bits per heavy atom. The fourth-order valence-corrected chi connectivity index (χ4v) is 1.01. The average molecular weight is 192 g/mol. The van der Waals surface area contributed by atoms with Crippen molar-refractivity contribution in [3.8, 4) is 12.3 Å². The van der Waals surface area contributed by atoms with E-state index in [-0.39, 0.29) is 18.3 Å². The molecule has 1 heterocycles. The summed E-state index contributed by atoms with van der Waals surface area (Å²) in [6, 6.07) is 0. The highest BCUT2D eigenvalue weighted by Gasteiger charge is 2.16. The molecular formula is C9H12N4O. The van der Waals surface area contributed by atoms with E-state index in [4.69, 9.17) is 6.42 Å². The van der Waals surface area contributed by atoms with Crippen LogP contribution in [0.2, 0.25) is 0 Å². The van der Waals surface area contributed by atoms with Gasteiger partial charge in [0.15, 0.2) is 0 Å². The van der Waals surface area contributed by atoms with Crippen LogP contribution in [0.5, 0.6) is 0 Å². The number of hydrogen-bond donors (Lipinski definition) is 0. The molecule has 0 N–H and O–H groups in total. The van der Waals surface area contributed by atoms with Gasteiger partial charge in [0.1, 0.15) is 12.4 Å². The largest absolute Gasteiger partial charge is 0.342 e. The van der Waals surface area contributed by atoms with Gasteiger partial charge in [-0.25, -0.2) is 9.67 Å². The number of terminal acetylenes is 1. The van der Waals surface area contributed by atoms with E-state index < -0.39 is 0 Å². The zero-order valence-corrected chi connectivity index (χ0v) is 8.48. The quantitative estimate of drug-likeness (QED) is 0.616. The van der Waals surface area contributed by atoms with Gasteiger partial charge >= 0.3 is 0 Å². The van der Waals surface area contributed by atoms with Gasteiger partial charge in [0.25, 0.3) is 5.91 Å². The molecule has 0 atom stereocenters. The molecule has 0 aromatic carbocycles. The Hall–Kier alpha value is -1.83. The Kier molecular flexibility index (Phi) is 2.87. The van der Waals surface area contributed by atoms with E-state index in [9.17, 15) is 4.79 Å². The van der Waals surface area contributed by atoms with Crippen LogP contribution >= 0.6 is 0 Å². The summed E-state index contributed by atoms with van der Waals surface area (Å²) in [4.78, 5) is 17.0. The number of carbonyl (C=O) groups is 1. The van der Waals surface area contributed by atoms with E-state index in [1.165, 1.54) is 9.58 Å². The van der Waals surface area contributed by atoms with E-state index in [2.05, 4.69) is 16.0 Å². The Balaban J connectivity index is 3.07. The summed E-state index contributed by atoms with van der Waals surface area (Å²) in [5.74, 6) is 3.06. The molecule has 0 radical (unpaired) electrons. The van der Waals surface area contributed by atoms with Gasteiger partial charge in [-0.2, -0.15) is 5.10 Å². The minimum absolute atomic E-state index is 0.194. The van der Waals surface area contributed by atoms with E-state index in [1.54, 1.807) is 21.0 Å². The highest BCUT2D eigenvalue weighted by molar-refractivity contribution is 5.90. The van der Waals surface area contributed by atoms with Gasteiger partial charge in [0.2, 0.25) is 5.82 Å². The second kappa shape index (κ2) is 3.92. The number of rotatable bonds is 2. The Morgan fingerprint density at radius 2 is 2.29 bits per heavy atom. The molecule has 0 aliphatic carbocycles. The summed E-state index contributed by atoms with van der Waals surface area (Å²) in [5.41, 5.74) is 0. The molecule has 0 fully saturated rings. The molecule has 0 unspecified atom stereocenters. The van der Waals surface area contributed by atoms with Gasteiger partial charge in [-0.3, -0.25) is 4.79 Å². The summed E-state index contributed by atoms with van der Waals surface area (Å²) in [7, 11) is 3.32. The first-order valence-corrected chi connectivity index (χ1v) is 4.13. The molecule has 5 heteroatoms. The van der Waals surface area contributed by atoms with Crippen LogP contribution in [0.3, 0.4) is 0 Å². The van der Waals surface area contributed by atoms with E-state index >= 15 is 0 Å². The first-order chi connectivity index (χ1) is 6.56. The number of nitrogens with zero attached hydrogens (tertiary/aromatic N) is 4. The zero-order valence-electron chi connectivity index (χ0n) is 8.48. The van der Waals surface area contributed by atoms with Gasteiger partial charge in [-0.1, -0.05) is 5.92 Å². The molecule has 0 aliphatic heterocycles. The van der Waals surface area contributed by atoms with Crippen molar-refractivity contribution in [3.05, 3.63) is 11.6 Å². The molecule has 0 saturated heterocycles. The van der Waals surface area contributed by atoms with Crippen molar-refractivity contribution in [2.75, 3.05) is 14.1 Å². The normalized spacial score (nSPS) is 9.57. The standard InChI is InChI=1S/C9H12N4O/c1-5-6-13-8(9(14)12(3)4)10-7(2)11-13/h1H,6H2,2-4H3. The summed E-state index contributed by atoms with van der Waals surface area (Å²) in [6.45, 7) is 1.98. The second-order valence-corrected chi connectivity index (χ2v) is 3.04. The molecule has 74 valence electrons. The smallest absolute Gasteiger partial charge is 0.290 e. The molecule has 0 bridgehead atoms. The predicted molar refractivity (Wildman–Crippen MR) is 51.6 cm³/mol. The highest BCUT2D eigenvalue weighted by Crippen LogP contribution is 2.00. The summed E-state index contributed by atoms with van der Waals surface area (Å²) in [5, 5.41) is 4.02. The molecule has 14 heavy (non-hydrogen) atoms. The number of hydrogen-bond acceptors (Lipinski definition) is 3. The number of aromatic nitrogens is 3. The van der Waals surface area contributed by atoms with E-state index in [1.807, 2.05) is 0 Å². The average Bonchev–Trinajstić information content (AvgIpc) is 2.46. The van der Waals surface area contributed by atoms with Crippen LogP contribution in [-0.2, 0) is 6.54 Å². The Bertz CT molecular complexity index is 386. The Morgan fingerprint density at radius 1 is 1.64 bits per heavy atom. The van der Waals surface area contributed by atoms with Crippen LogP contribution < -0.4 is 0 Å². The lowest BCUT2D eigenvalue weighted by Gasteiger charge is -2.08. The number of carbonyl (C=O) groups excluding carboxylic acids is 1. The maximum absolute atomic E-state index is 11.6. The molecular weight excluding hydrogens is 180 g/mol. The van der Waals surface area contributed by atoms with Crippen molar-refractivity contribution in [2.24, 2.45) is 0 Å². The van der Waals surface area contributed by atoms with Gasteiger partial charge in [-0.05, 0) is 6.92 Å². The third kappa shape index (κ3) is 1.91. The lowest BCUT2D eigenvalue weighted by Crippen LogP contribution is -2.25. The van der Waals surface area contributed by atoms with Crippen molar-refractivity contribution in [2.45, 2.75) is 13.5 Å². The third-order valence-electron chi connectivity index (χ3n) is 1.62. The lowest BCUT2D eigenvalue weighted by atomic mass is 10.5. The maximum atomic E-state index is 11.6. The van der Waals surface area contributed by atoms with Gasteiger partial charge < -0.3 is 4.90 Å². The van der Waals surface area contributed by atoms with Crippen molar-refractivity contribution in [1.29, 1.82) is 0 Å². The first-order valence-electron chi connectivity index (χ1n) is 4.13. The molecule has 1 amide bonds. The first kappa shape index (κ1) is 10.3. The third-order valence-corrected chi connectivity index (χ3v) is 1.62. The number of aryl methyl sites for hydroxylation is 1. The molecule has 1 aromatic heterocycles. The molecule has 0 aliphatic rings. The van der Waals surface area contributed by atoms with Crippen LogP contribution in [0.1, 0.15) is 16.4 Å². The van der Waals surface area contributed by atoms with Gasteiger partial charge in [-0.15, -0.1) is 6.42 Å². The van der Waals surface area contributed by atoms with Crippen LogP contribution in [-0.4, -0.2) is 39.7 Å². The second-order valence-electron chi connectivity index (χ2n) is 3.04.